The summed E-state index contributed by atoms with van der Waals surface area (Å²) in [6.07, 6.45) is 2.30. The Kier molecular flexibility index (Phi) is 5.18. The highest BCUT2D eigenvalue weighted by atomic mass is 16.5. The van der Waals surface area contributed by atoms with E-state index in [0.717, 1.165) is 23.1 Å². The van der Waals surface area contributed by atoms with Crippen molar-refractivity contribution in [2.24, 2.45) is 5.92 Å². The van der Waals surface area contributed by atoms with Crippen molar-refractivity contribution in [3.05, 3.63) is 36.0 Å². The van der Waals surface area contributed by atoms with Gasteiger partial charge in [0, 0.05) is 30.3 Å². The lowest BCUT2D eigenvalue weighted by Gasteiger charge is -2.08. The second-order valence-electron chi connectivity index (χ2n) is 5.35. The van der Waals surface area contributed by atoms with E-state index < -0.39 is 0 Å². The minimum atomic E-state index is 0.0305. The number of nitrogens with one attached hydrogen (secondary N) is 2. The molecule has 0 bridgehead atoms. The molecule has 2 rings (SSSR count). The van der Waals surface area contributed by atoms with E-state index in [9.17, 15) is 4.79 Å². The highest BCUT2D eigenvalue weighted by Crippen LogP contribution is 2.17. The van der Waals surface area contributed by atoms with E-state index in [0.29, 0.717) is 25.5 Å². The highest BCUT2D eigenvalue weighted by Gasteiger charge is 2.07. The van der Waals surface area contributed by atoms with Crippen LogP contribution in [0, 0.1) is 5.92 Å². The van der Waals surface area contributed by atoms with Crippen molar-refractivity contribution in [3.8, 4) is 0 Å². The summed E-state index contributed by atoms with van der Waals surface area (Å²) in [6.45, 7) is 6.08. The molecule has 0 atom stereocenters. The molecule has 0 saturated carbocycles. The quantitative estimate of drug-likeness (QED) is 0.762. The third-order valence-corrected chi connectivity index (χ3v) is 3.05. The van der Waals surface area contributed by atoms with E-state index in [1.807, 2.05) is 30.5 Å². The topological polar surface area (TPSA) is 54.1 Å². The summed E-state index contributed by atoms with van der Waals surface area (Å²) in [5.41, 5.74) is 2.09. The van der Waals surface area contributed by atoms with Crippen molar-refractivity contribution < 1.29 is 9.53 Å². The standard InChI is InChI=1S/C16H22N2O2/c1-12(2)11-20-8-7-17-16(19)9-13-10-18-15-6-4-3-5-14(13)15/h3-6,10,12,18H,7-9,11H2,1-2H3,(H,17,19). The van der Waals surface area contributed by atoms with Crippen LogP contribution < -0.4 is 5.32 Å². The van der Waals surface area contributed by atoms with Crippen LogP contribution in [-0.4, -0.2) is 30.6 Å². The molecule has 0 spiro atoms. The third kappa shape index (κ3) is 4.10. The Labute approximate surface area is 119 Å². The predicted octanol–water partition coefficient (Wildman–Crippen LogP) is 2.50. The fourth-order valence-electron chi connectivity index (χ4n) is 2.10. The van der Waals surface area contributed by atoms with Gasteiger partial charge >= 0.3 is 0 Å². The molecule has 1 amide bonds. The van der Waals surface area contributed by atoms with Gasteiger partial charge < -0.3 is 15.0 Å². The SMILES string of the molecule is CC(C)COCCNC(=O)Cc1c[nH]c2ccccc12. The molecule has 1 heterocycles. The Bertz CT molecular complexity index is 560. The number of hydrogen-bond acceptors (Lipinski definition) is 2. The molecule has 2 N–H and O–H groups in total. The molecule has 108 valence electrons. The summed E-state index contributed by atoms with van der Waals surface area (Å²) in [6, 6.07) is 8.00. The van der Waals surface area contributed by atoms with Gasteiger partial charge in [-0.05, 0) is 17.5 Å². The molecule has 0 radical (unpaired) electrons. The fraction of sp³-hybridized carbons (Fsp3) is 0.438. The second kappa shape index (κ2) is 7.10. The number of carbonyl (C=O) groups is 1. The number of amides is 1. The fourth-order valence-corrected chi connectivity index (χ4v) is 2.10. The molecule has 0 aliphatic carbocycles. The van der Waals surface area contributed by atoms with Crippen LogP contribution in [0.3, 0.4) is 0 Å². The van der Waals surface area contributed by atoms with Gasteiger partial charge in [-0.2, -0.15) is 0 Å². The first-order chi connectivity index (χ1) is 9.66. The first-order valence-electron chi connectivity index (χ1n) is 7.06. The summed E-state index contributed by atoms with van der Waals surface area (Å²) in [5, 5.41) is 3.99. The predicted molar refractivity (Wildman–Crippen MR) is 80.7 cm³/mol. The molecule has 1 aromatic carbocycles. The van der Waals surface area contributed by atoms with Crippen molar-refractivity contribution in [2.45, 2.75) is 20.3 Å². The molecule has 4 heteroatoms. The molecule has 0 fully saturated rings. The summed E-state index contributed by atoms with van der Waals surface area (Å²) < 4.78 is 5.43. The van der Waals surface area contributed by atoms with Crippen LogP contribution in [0.25, 0.3) is 10.9 Å². The van der Waals surface area contributed by atoms with Crippen LogP contribution in [0.15, 0.2) is 30.5 Å². The molecule has 0 aliphatic rings. The number of benzene rings is 1. The lowest BCUT2D eigenvalue weighted by Crippen LogP contribution is -2.28. The lowest BCUT2D eigenvalue weighted by atomic mass is 10.1. The number of H-pyrrole nitrogens is 1. The number of hydrogen-bond donors (Lipinski definition) is 2. The van der Waals surface area contributed by atoms with Gasteiger partial charge in [0.15, 0.2) is 0 Å². The molecule has 0 saturated heterocycles. The van der Waals surface area contributed by atoms with Crippen molar-refractivity contribution in [3.63, 3.8) is 0 Å². The molecule has 20 heavy (non-hydrogen) atoms. The van der Waals surface area contributed by atoms with E-state index in [1.54, 1.807) is 0 Å². The van der Waals surface area contributed by atoms with E-state index in [-0.39, 0.29) is 5.91 Å². The Hall–Kier alpha value is -1.81. The average Bonchev–Trinajstić information content (AvgIpc) is 2.81. The number of aromatic amines is 1. The average molecular weight is 274 g/mol. The summed E-state index contributed by atoms with van der Waals surface area (Å²) >= 11 is 0. The van der Waals surface area contributed by atoms with E-state index >= 15 is 0 Å². The normalized spacial score (nSPS) is 11.2. The van der Waals surface area contributed by atoms with Crippen LogP contribution in [-0.2, 0) is 16.0 Å². The molecule has 0 aliphatic heterocycles. The maximum absolute atomic E-state index is 11.9. The number of fused-ring (bicyclic) bond motifs is 1. The molecule has 4 nitrogen and oxygen atoms in total. The Balaban J connectivity index is 1.77. The summed E-state index contributed by atoms with van der Waals surface area (Å²) in [5.74, 6) is 0.555. The lowest BCUT2D eigenvalue weighted by molar-refractivity contribution is -0.120. The van der Waals surface area contributed by atoms with Crippen LogP contribution in [0.4, 0.5) is 0 Å². The molecular formula is C16H22N2O2. The minimum absolute atomic E-state index is 0.0305. The zero-order valence-corrected chi connectivity index (χ0v) is 12.1. The van der Waals surface area contributed by atoms with E-state index in [1.165, 1.54) is 0 Å². The summed E-state index contributed by atoms with van der Waals surface area (Å²) in [7, 11) is 0. The Morgan fingerprint density at radius 3 is 2.95 bits per heavy atom. The van der Waals surface area contributed by atoms with Gasteiger partial charge in [0.1, 0.15) is 0 Å². The van der Waals surface area contributed by atoms with Gasteiger partial charge in [-0.1, -0.05) is 32.0 Å². The van der Waals surface area contributed by atoms with Gasteiger partial charge in [0.25, 0.3) is 0 Å². The van der Waals surface area contributed by atoms with Crippen LogP contribution in [0.1, 0.15) is 19.4 Å². The smallest absolute Gasteiger partial charge is 0.224 e. The van der Waals surface area contributed by atoms with Crippen LogP contribution in [0.5, 0.6) is 0 Å². The largest absolute Gasteiger partial charge is 0.379 e. The van der Waals surface area contributed by atoms with E-state index in [2.05, 4.69) is 24.1 Å². The van der Waals surface area contributed by atoms with Crippen molar-refractivity contribution in [2.75, 3.05) is 19.8 Å². The number of ether oxygens (including phenoxy) is 1. The van der Waals surface area contributed by atoms with Crippen LogP contribution in [0.2, 0.25) is 0 Å². The van der Waals surface area contributed by atoms with E-state index in [4.69, 9.17) is 4.74 Å². The van der Waals surface area contributed by atoms with Gasteiger partial charge in [0.05, 0.1) is 13.0 Å². The second-order valence-corrected chi connectivity index (χ2v) is 5.35. The summed E-state index contributed by atoms with van der Waals surface area (Å²) in [4.78, 5) is 15.0. The Morgan fingerprint density at radius 2 is 2.15 bits per heavy atom. The zero-order chi connectivity index (χ0) is 14.4. The van der Waals surface area contributed by atoms with Gasteiger partial charge in [-0.15, -0.1) is 0 Å². The Morgan fingerprint density at radius 1 is 1.35 bits per heavy atom. The monoisotopic (exact) mass is 274 g/mol. The number of aromatic nitrogens is 1. The molecule has 2 aromatic rings. The zero-order valence-electron chi connectivity index (χ0n) is 12.1. The highest BCUT2D eigenvalue weighted by molar-refractivity contribution is 5.88. The molecule has 0 unspecified atom stereocenters. The first-order valence-corrected chi connectivity index (χ1v) is 7.06. The van der Waals surface area contributed by atoms with Gasteiger partial charge in [-0.3, -0.25) is 4.79 Å². The number of carbonyl (C=O) groups excluding carboxylic acids is 1. The van der Waals surface area contributed by atoms with Crippen molar-refractivity contribution in [1.82, 2.24) is 10.3 Å². The molecule has 1 aromatic heterocycles. The number of rotatable bonds is 7. The first kappa shape index (κ1) is 14.6. The van der Waals surface area contributed by atoms with Crippen LogP contribution >= 0.6 is 0 Å². The maximum atomic E-state index is 11.9. The third-order valence-electron chi connectivity index (χ3n) is 3.05. The minimum Gasteiger partial charge on any atom is -0.379 e. The van der Waals surface area contributed by atoms with Crippen molar-refractivity contribution in [1.29, 1.82) is 0 Å². The van der Waals surface area contributed by atoms with Gasteiger partial charge in [-0.25, -0.2) is 0 Å². The molecular weight excluding hydrogens is 252 g/mol. The van der Waals surface area contributed by atoms with Gasteiger partial charge in [0.2, 0.25) is 5.91 Å². The van der Waals surface area contributed by atoms with Crippen molar-refractivity contribution >= 4 is 16.8 Å². The number of para-hydroxylation sites is 1. The maximum Gasteiger partial charge on any atom is 0.224 e.